The third-order valence-corrected chi connectivity index (χ3v) is 4.82. The van der Waals surface area contributed by atoms with Crippen LogP contribution in [0.25, 0.3) is 0 Å². The molecule has 0 saturated heterocycles. The first kappa shape index (κ1) is 23.2. The van der Waals surface area contributed by atoms with Crippen molar-refractivity contribution >= 4 is 29.7 Å². The van der Waals surface area contributed by atoms with E-state index in [1.54, 1.807) is 12.5 Å². The number of carbonyl (C=O) groups excluding carboxylic acids is 1. The van der Waals surface area contributed by atoms with E-state index in [0.29, 0.717) is 36.3 Å². The number of halogens is 1. The molecule has 0 fully saturated rings. The Bertz CT molecular complexity index is 737. The molecule has 3 N–H and O–H groups in total. The van der Waals surface area contributed by atoms with E-state index >= 15 is 0 Å². The van der Waals surface area contributed by atoms with Gasteiger partial charge in [0.15, 0.2) is 11.5 Å². The van der Waals surface area contributed by atoms with Crippen LogP contribution in [0.3, 0.4) is 0 Å². The summed E-state index contributed by atoms with van der Waals surface area (Å²) in [5.74, 6) is 1.74. The number of hydrogen-bond acceptors (Lipinski definition) is 6. The summed E-state index contributed by atoms with van der Waals surface area (Å²) in [6, 6.07) is 5.52. The Morgan fingerprint density at radius 1 is 1.30 bits per heavy atom. The van der Waals surface area contributed by atoms with Gasteiger partial charge >= 0.3 is 0 Å². The summed E-state index contributed by atoms with van der Waals surface area (Å²) in [5.41, 5.74) is 6.87. The predicted octanol–water partition coefficient (Wildman–Crippen LogP) is 3.95. The van der Waals surface area contributed by atoms with Gasteiger partial charge in [-0.1, -0.05) is 19.9 Å². The highest BCUT2D eigenvalue weighted by Crippen LogP contribution is 2.30. The van der Waals surface area contributed by atoms with Crippen molar-refractivity contribution in [2.45, 2.75) is 39.8 Å². The van der Waals surface area contributed by atoms with E-state index < -0.39 is 0 Å². The zero-order valence-corrected chi connectivity index (χ0v) is 17.8. The van der Waals surface area contributed by atoms with Crippen molar-refractivity contribution < 1.29 is 14.3 Å². The molecular formula is C19H28ClN3O3S. The number of methoxy groups -OCH3 is 1. The normalized spacial score (nSPS) is 11.6. The molecule has 0 aliphatic carbocycles. The quantitative estimate of drug-likeness (QED) is 0.650. The lowest BCUT2D eigenvalue weighted by atomic mass is 10.1. The zero-order chi connectivity index (χ0) is 19.1. The summed E-state index contributed by atoms with van der Waals surface area (Å²) in [4.78, 5) is 16.5. The maximum Gasteiger partial charge on any atom is 0.271 e. The lowest BCUT2D eigenvalue weighted by molar-refractivity contribution is 0.0935. The largest absolute Gasteiger partial charge is 0.493 e. The number of hydrogen-bond donors (Lipinski definition) is 2. The topological polar surface area (TPSA) is 86.5 Å². The van der Waals surface area contributed by atoms with Crippen molar-refractivity contribution in [2.24, 2.45) is 11.7 Å². The molecule has 2 aromatic rings. The Labute approximate surface area is 170 Å². The van der Waals surface area contributed by atoms with Crippen molar-refractivity contribution in [3.63, 3.8) is 0 Å². The average Bonchev–Trinajstić information content (AvgIpc) is 3.10. The number of nitrogens with two attached hydrogens (primary N) is 1. The highest BCUT2D eigenvalue weighted by Gasteiger charge is 2.16. The standard InChI is InChI=1S/C19H27N3O3S.ClH/c1-12(2)7-8-25-16-6-5-14(9-17(16)24-4)13(3)21-19(23)15-11-26-18(10-20)22-15;/h5-6,9,11-13H,7-8,10,20H2,1-4H3,(H,21,23);1H. The molecule has 0 radical (unpaired) electrons. The summed E-state index contributed by atoms with van der Waals surface area (Å²) in [6.45, 7) is 7.22. The summed E-state index contributed by atoms with van der Waals surface area (Å²) in [6.07, 6.45) is 0.982. The van der Waals surface area contributed by atoms with Gasteiger partial charge in [-0.25, -0.2) is 4.98 Å². The van der Waals surface area contributed by atoms with Crippen molar-refractivity contribution in [1.29, 1.82) is 0 Å². The van der Waals surface area contributed by atoms with Crippen LogP contribution in [0, 0.1) is 5.92 Å². The fourth-order valence-corrected chi connectivity index (χ4v) is 2.99. The van der Waals surface area contributed by atoms with Gasteiger partial charge in [-0.05, 0) is 37.0 Å². The molecule has 0 spiro atoms. The number of carbonyl (C=O) groups is 1. The molecule has 1 aromatic carbocycles. The van der Waals surface area contributed by atoms with Crippen LogP contribution in [-0.4, -0.2) is 24.6 Å². The van der Waals surface area contributed by atoms with Crippen LogP contribution in [0.5, 0.6) is 11.5 Å². The molecule has 27 heavy (non-hydrogen) atoms. The minimum absolute atomic E-state index is 0. The Morgan fingerprint density at radius 2 is 2.04 bits per heavy atom. The summed E-state index contributed by atoms with van der Waals surface area (Å²) in [5, 5.41) is 5.41. The molecule has 1 unspecified atom stereocenters. The molecule has 1 amide bonds. The molecule has 8 heteroatoms. The molecule has 1 heterocycles. The molecule has 0 saturated carbocycles. The molecular weight excluding hydrogens is 386 g/mol. The number of rotatable bonds is 9. The van der Waals surface area contributed by atoms with E-state index in [2.05, 4.69) is 24.1 Å². The van der Waals surface area contributed by atoms with Crippen molar-refractivity contribution in [3.8, 4) is 11.5 Å². The number of ether oxygens (including phenoxy) is 2. The van der Waals surface area contributed by atoms with E-state index in [1.807, 2.05) is 25.1 Å². The SMILES string of the molecule is COc1cc(C(C)NC(=O)c2csc(CN)n2)ccc1OCCC(C)C.Cl. The van der Waals surface area contributed by atoms with Crippen molar-refractivity contribution in [3.05, 3.63) is 39.8 Å². The summed E-state index contributed by atoms with van der Waals surface area (Å²) in [7, 11) is 1.61. The minimum Gasteiger partial charge on any atom is -0.493 e. The first-order valence-corrected chi connectivity index (χ1v) is 9.58. The second-order valence-corrected chi connectivity index (χ2v) is 7.41. The van der Waals surface area contributed by atoms with Gasteiger partial charge in [0.1, 0.15) is 10.7 Å². The van der Waals surface area contributed by atoms with Gasteiger partial charge in [-0.3, -0.25) is 4.79 Å². The second kappa shape index (κ2) is 11.1. The molecule has 2 rings (SSSR count). The summed E-state index contributed by atoms with van der Waals surface area (Å²) >= 11 is 1.38. The zero-order valence-electron chi connectivity index (χ0n) is 16.2. The second-order valence-electron chi connectivity index (χ2n) is 6.47. The maximum absolute atomic E-state index is 12.3. The molecule has 1 aromatic heterocycles. The van der Waals surface area contributed by atoms with Crippen LogP contribution in [-0.2, 0) is 6.54 Å². The third kappa shape index (κ3) is 6.68. The number of nitrogens with zero attached hydrogens (tertiary/aromatic N) is 1. The van der Waals surface area contributed by atoms with Crippen LogP contribution in [0.15, 0.2) is 23.6 Å². The van der Waals surface area contributed by atoms with Gasteiger partial charge < -0.3 is 20.5 Å². The van der Waals surface area contributed by atoms with E-state index in [4.69, 9.17) is 15.2 Å². The van der Waals surface area contributed by atoms with Gasteiger partial charge in [-0.2, -0.15) is 0 Å². The number of benzene rings is 1. The number of amides is 1. The molecule has 0 bridgehead atoms. The van der Waals surface area contributed by atoms with Gasteiger partial charge in [0, 0.05) is 11.9 Å². The highest BCUT2D eigenvalue weighted by atomic mass is 35.5. The van der Waals surface area contributed by atoms with Gasteiger partial charge in [0.05, 0.1) is 19.8 Å². The third-order valence-electron chi connectivity index (χ3n) is 3.95. The van der Waals surface area contributed by atoms with Crippen LogP contribution < -0.4 is 20.5 Å². The Balaban J connectivity index is 0.00000364. The molecule has 150 valence electrons. The number of thiazole rings is 1. The molecule has 6 nitrogen and oxygen atoms in total. The first-order valence-electron chi connectivity index (χ1n) is 8.70. The van der Waals surface area contributed by atoms with E-state index in [-0.39, 0.29) is 24.4 Å². The minimum atomic E-state index is -0.218. The van der Waals surface area contributed by atoms with E-state index in [1.165, 1.54) is 11.3 Å². The first-order chi connectivity index (χ1) is 12.4. The van der Waals surface area contributed by atoms with Crippen molar-refractivity contribution in [1.82, 2.24) is 10.3 Å². The van der Waals surface area contributed by atoms with Gasteiger partial charge in [0.25, 0.3) is 5.91 Å². The molecule has 0 aliphatic heterocycles. The lowest BCUT2D eigenvalue weighted by Gasteiger charge is -2.17. The van der Waals surface area contributed by atoms with Crippen LogP contribution in [0.4, 0.5) is 0 Å². The fraction of sp³-hybridized carbons (Fsp3) is 0.474. The molecule has 1 atom stereocenters. The van der Waals surface area contributed by atoms with E-state index in [0.717, 1.165) is 17.0 Å². The smallest absolute Gasteiger partial charge is 0.271 e. The van der Waals surface area contributed by atoms with Gasteiger partial charge in [0.2, 0.25) is 0 Å². The fourth-order valence-electron chi connectivity index (χ4n) is 2.34. The number of aromatic nitrogens is 1. The monoisotopic (exact) mass is 413 g/mol. The van der Waals surface area contributed by atoms with Crippen molar-refractivity contribution in [2.75, 3.05) is 13.7 Å². The highest BCUT2D eigenvalue weighted by molar-refractivity contribution is 7.09. The average molecular weight is 414 g/mol. The van der Waals surface area contributed by atoms with Crippen LogP contribution >= 0.6 is 23.7 Å². The Morgan fingerprint density at radius 3 is 2.63 bits per heavy atom. The predicted molar refractivity (Wildman–Crippen MR) is 111 cm³/mol. The van der Waals surface area contributed by atoms with Gasteiger partial charge in [-0.15, -0.1) is 23.7 Å². The summed E-state index contributed by atoms with van der Waals surface area (Å²) < 4.78 is 11.2. The van der Waals surface area contributed by atoms with Crippen LogP contribution in [0.2, 0.25) is 0 Å². The molecule has 0 aliphatic rings. The lowest BCUT2D eigenvalue weighted by Crippen LogP contribution is -2.27. The van der Waals surface area contributed by atoms with Crippen LogP contribution in [0.1, 0.15) is 54.3 Å². The maximum atomic E-state index is 12.3. The van der Waals surface area contributed by atoms with E-state index in [9.17, 15) is 4.79 Å². The Hall–Kier alpha value is -1.83. The Kier molecular flexibility index (Phi) is 9.55. The number of nitrogens with one attached hydrogen (secondary N) is 1.